The van der Waals surface area contributed by atoms with Crippen molar-refractivity contribution in [1.29, 1.82) is 0 Å². The maximum absolute atomic E-state index is 12.3. The zero-order valence-electron chi connectivity index (χ0n) is 19.3. The van der Waals surface area contributed by atoms with Gasteiger partial charge in [-0.3, -0.25) is 24.1 Å². The fourth-order valence-corrected chi connectivity index (χ4v) is 3.39. The van der Waals surface area contributed by atoms with Gasteiger partial charge in [0.2, 0.25) is 23.6 Å². The lowest BCUT2D eigenvalue weighted by Gasteiger charge is -2.24. The molecule has 1 fully saturated rings. The summed E-state index contributed by atoms with van der Waals surface area (Å²) in [5.74, 6) is -0.843. The molecule has 0 aromatic rings. The van der Waals surface area contributed by atoms with E-state index in [1.54, 1.807) is 13.8 Å². The van der Waals surface area contributed by atoms with Crippen LogP contribution in [-0.4, -0.2) is 58.4 Å². The normalized spacial score (nSPS) is 18.3. The van der Waals surface area contributed by atoms with Gasteiger partial charge >= 0.3 is 0 Å². The lowest BCUT2D eigenvalue weighted by atomic mass is 9.94. The van der Waals surface area contributed by atoms with Crippen molar-refractivity contribution in [2.24, 2.45) is 17.8 Å². The van der Waals surface area contributed by atoms with Gasteiger partial charge in [0.15, 0.2) is 0 Å². The van der Waals surface area contributed by atoms with E-state index in [1.165, 1.54) is 4.90 Å². The van der Waals surface area contributed by atoms with E-state index in [-0.39, 0.29) is 54.3 Å². The van der Waals surface area contributed by atoms with Crippen LogP contribution in [-0.2, 0) is 19.2 Å². The Morgan fingerprint density at radius 3 is 2.27 bits per heavy atom. The molecule has 8 nitrogen and oxygen atoms in total. The van der Waals surface area contributed by atoms with Crippen molar-refractivity contribution in [3.05, 3.63) is 0 Å². The van der Waals surface area contributed by atoms with Gasteiger partial charge in [0.1, 0.15) is 6.04 Å². The molecule has 0 aliphatic carbocycles. The largest absolute Gasteiger partial charge is 0.389 e. The topological polar surface area (TPSA) is 116 Å². The van der Waals surface area contributed by atoms with Crippen LogP contribution in [0.3, 0.4) is 0 Å². The van der Waals surface area contributed by atoms with Crippen molar-refractivity contribution in [3.8, 4) is 0 Å². The third kappa shape index (κ3) is 8.42. The van der Waals surface area contributed by atoms with E-state index in [0.29, 0.717) is 32.2 Å². The molecule has 1 aliphatic rings. The highest BCUT2D eigenvalue weighted by Gasteiger charge is 2.39. The molecule has 1 rings (SSSR count). The second-order valence-corrected chi connectivity index (χ2v) is 9.57. The summed E-state index contributed by atoms with van der Waals surface area (Å²) in [5, 5.41) is 15.2. The zero-order valence-corrected chi connectivity index (χ0v) is 19.3. The van der Waals surface area contributed by atoms with E-state index in [9.17, 15) is 24.3 Å². The van der Waals surface area contributed by atoms with Crippen LogP contribution in [0.4, 0.5) is 0 Å². The third-order valence-electron chi connectivity index (χ3n) is 5.33. The summed E-state index contributed by atoms with van der Waals surface area (Å²) in [6.45, 7) is 11.3. The fourth-order valence-electron chi connectivity index (χ4n) is 3.39. The number of rotatable bonds is 12. The number of hydrogen-bond donors (Lipinski definition) is 3. The van der Waals surface area contributed by atoms with E-state index in [1.807, 2.05) is 27.7 Å². The molecular formula is C22H39N3O5. The molecule has 2 unspecified atom stereocenters. The molecule has 0 aromatic heterocycles. The molecule has 0 aromatic carbocycles. The molecule has 30 heavy (non-hydrogen) atoms. The van der Waals surface area contributed by atoms with Crippen molar-refractivity contribution in [2.75, 3.05) is 13.1 Å². The number of carbonyl (C=O) groups excluding carboxylic acids is 4. The van der Waals surface area contributed by atoms with E-state index in [2.05, 4.69) is 10.6 Å². The first-order valence-corrected chi connectivity index (χ1v) is 11.0. The first-order chi connectivity index (χ1) is 13.8. The van der Waals surface area contributed by atoms with Crippen LogP contribution in [0.2, 0.25) is 0 Å². The van der Waals surface area contributed by atoms with Crippen LogP contribution in [0.15, 0.2) is 0 Å². The highest BCUT2D eigenvalue weighted by Crippen LogP contribution is 2.26. The smallest absolute Gasteiger partial charge is 0.242 e. The second kappa shape index (κ2) is 11.4. The molecule has 0 spiro atoms. The molecule has 4 amide bonds. The maximum atomic E-state index is 12.3. The van der Waals surface area contributed by atoms with Gasteiger partial charge in [0.25, 0.3) is 0 Å². The molecule has 3 N–H and O–H groups in total. The van der Waals surface area contributed by atoms with Crippen LogP contribution in [0, 0.1) is 17.8 Å². The molecule has 0 saturated carbocycles. The molecular weight excluding hydrogens is 386 g/mol. The lowest BCUT2D eigenvalue weighted by molar-refractivity contribution is -0.139. The van der Waals surface area contributed by atoms with Gasteiger partial charge in [-0.1, -0.05) is 34.1 Å². The Labute approximate surface area is 180 Å². The Hall–Kier alpha value is -1.96. The Bertz CT molecular complexity index is 625. The first-order valence-electron chi connectivity index (χ1n) is 11.0. The predicted molar refractivity (Wildman–Crippen MR) is 114 cm³/mol. The summed E-state index contributed by atoms with van der Waals surface area (Å²) in [6, 6.07) is -0.660. The number of imide groups is 1. The van der Waals surface area contributed by atoms with Crippen molar-refractivity contribution >= 4 is 23.6 Å². The quantitative estimate of drug-likeness (QED) is 0.324. The number of amides is 4. The summed E-state index contributed by atoms with van der Waals surface area (Å²) >= 11 is 0. The number of nitrogens with zero attached hydrogens (tertiary/aromatic N) is 1. The van der Waals surface area contributed by atoms with Crippen molar-refractivity contribution in [1.82, 2.24) is 15.5 Å². The molecule has 172 valence electrons. The highest BCUT2D eigenvalue weighted by molar-refractivity contribution is 6.03. The fraction of sp³-hybridized carbons (Fsp3) is 0.818. The first kappa shape index (κ1) is 26.1. The van der Waals surface area contributed by atoms with Crippen LogP contribution >= 0.6 is 0 Å². The Balaban J connectivity index is 2.35. The number of carbonyl (C=O) groups is 4. The summed E-state index contributed by atoms with van der Waals surface area (Å²) in [6.07, 6.45) is 2.57. The number of unbranched alkanes of at least 4 members (excludes halogenated alkanes) is 2. The van der Waals surface area contributed by atoms with Gasteiger partial charge in [-0.05, 0) is 38.5 Å². The lowest BCUT2D eigenvalue weighted by Crippen LogP contribution is -2.52. The van der Waals surface area contributed by atoms with Crippen LogP contribution in [0.1, 0.15) is 73.6 Å². The van der Waals surface area contributed by atoms with Crippen LogP contribution < -0.4 is 10.6 Å². The minimum absolute atomic E-state index is 0.0791. The van der Waals surface area contributed by atoms with E-state index >= 15 is 0 Å². The zero-order chi connectivity index (χ0) is 23.1. The SMILES string of the molecule is CC(C)C1CC(=O)N(CCCCCC(=O)NC(C(=O)NCC(C)(C)O)C(C)C)C1=O. The van der Waals surface area contributed by atoms with Crippen molar-refractivity contribution in [3.63, 3.8) is 0 Å². The average Bonchev–Trinajstić information content (AvgIpc) is 2.91. The Kier molecular flexibility index (Phi) is 9.94. The van der Waals surface area contributed by atoms with Gasteiger partial charge in [-0.25, -0.2) is 0 Å². The number of nitrogens with one attached hydrogen (secondary N) is 2. The molecule has 0 bridgehead atoms. The number of hydrogen-bond acceptors (Lipinski definition) is 5. The van der Waals surface area contributed by atoms with E-state index in [0.717, 1.165) is 0 Å². The summed E-state index contributed by atoms with van der Waals surface area (Å²) in [7, 11) is 0. The minimum atomic E-state index is -1.02. The van der Waals surface area contributed by atoms with Crippen molar-refractivity contribution in [2.45, 2.75) is 85.3 Å². The molecule has 2 atom stereocenters. The molecule has 1 aliphatic heterocycles. The monoisotopic (exact) mass is 425 g/mol. The van der Waals surface area contributed by atoms with E-state index < -0.39 is 11.6 Å². The Morgan fingerprint density at radius 1 is 1.13 bits per heavy atom. The standard InChI is InChI=1S/C22H39N3O5/c1-14(2)16-12-18(27)25(21(16)29)11-9-7-8-10-17(26)24-19(15(3)4)20(28)23-13-22(5,6)30/h14-16,19,30H,7-13H2,1-6H3,(H,23,28)(H,24,26). The summed E-state index contributed by atoms with van der Waals surface area (Å²) < 4.78 is 0. The minimum Gasteiger partial charge on any atom is -0.389 e. The van der Waals surface area contributed by atoms with Gasteiger partial charge in [-0.2, -0.15) is 0 Å². The van der Waals surface area contributed by atoms with Gasteiger partial charge in [0.05, 0.1) is 5.60 Å². The molecule has 1 saturated heterocycles. The summed E-state index contributed by atoms with van der Waals surface area (Å²) in [5.41, 5.74) is -1.02. The van der Waals surface area contributed by atoms with E-state index in [4.69, 9.17) is 0 Å². The number of aliphatic hydroxyl groups is 1. The van der Waals surface area contributed by atoms with Crippen molar-refractivity contribution < 1.29 is 24.3 Å². The maximum Gasteiger partial charge on any atom is 0.242 e. The Morgan fingerprint density at radius 2 is 1.77 bits per heavy atom. The highest BCUT2D eigenvalue weighted by atomic mass is 16.3. The molecule has 0 radical (unpaired) electrons. The van der Waals surface area contributed by atoms with Gasteiger partial charge < -0.3 is 15.7 Å². The van der Waals surface area contributed by atoms with Crippen LogP contribution in [0.5, 0.6) is 0 Å². The third-order valence-corrected chi connectivity index (χ3v) is 5.33. The average molecular weight is 426 g/mol. The predicted octanol–water partition coefficient (Wildman–Crippen LogP) is 1.61. The van der Waals surface area contributed by atoms with Gasteiger partial charge in [-0.15, -0.1) is 0 Å². The second-order valence-electron chi connectivity index (χ2n) is 9.57. The number of likely N-dealkylation sites (tertiary alicyclic amines) is 1. The van der Waals surface area contributed by atoms with Gasteiger partial charge in [0, 0.05) is 31.8 Å². The van der Waals surface area contributed by atoms with Crippen LogP contribution in [0.25, 0.3) is 0 Å². The summed E-state index contributed by atoms with van der Waals surface area (Å²) in [4.78, 5) is 50.2. The molecule has 1 heterocycles. The molecule has 8 heteroatoms.